The van der Waals surface area contributed by atoms with E-state index in [1.54, 1.807) is 0 Å². The summed E-state index contributed by atoms with van der Waals surface area (Å²) in [4.78, 5) is 0. The van der Waals surface area contributed by atoms with Crippen LogP contribution in [0.25, 0.3) is 0 Å². The molecule has 0 radical (unpaired) electrons. The zero-order chi connectivity index (χ0) is 9.52. The molecule has 5 heteroatoms. The number of hydrogen-bond donors (Lipinski definition) is 4. The Morgan fingerprint density at radius 2 is 1.67 bits per heavy atom. The van der Waals surface area contributed by atoms with Crippen molar-refractivity contribution < 1.29 is 25.2 Å². The van der Waals surface area contributed by atoms with Crippen molar-refractivity contribution in [3.8, 4) is 0 Å². The summed E-state index contributed by atoms with van der Waals surface area (Å²) < 4.78 is 4.74. The second-order valence-corrected chi connectivity index (χ2v) is 3.35. The molecule has 0 amide bonds. The largest absolute Gasteiger partial charge is 0.387 e. The van der Waals surface area contributed by atoms with Crippen LogP contribution in [0.15, 0.2) is 0 Å². The van der Waals surface area contributed by atoms with Gasteiger partial charge in [0.1, 0.15) is 17.8 Å². The van der Waals surface area contributed by atoms with Gasteiger partial charge in [0.2, 0.25) is 0 Å². The Kier molecular flexibility index (Phi) is 2.42. The summed E-state index contributed by atoms with van der Waals surface area (Å²) >= 11 is 0. The summed E-state index contributed by atoms with van der Waals surface area (Å²) in [6.07, 6.45) is -4.82. The number of hydrogen-bond acceptors (Lipinski definition) is 5. The van der Waals surface area contributed by atoms with Crippen LogP contribution < -0.4 is 0 Å². The molecular weight excluding hydrogens is 164 g/mol. The van der Waals surface area contributed by atoms with E-state index in [9.17, 15) is 15.3 Å². The van der Waals surface area contributed by atoms with Crippen LogP contribution in [0.3, 0.4) is 0 Å². The molecule has 1 aliphatic heterocycles. The molecule has 0 aliphatic carbocycles. The third-order valence-electron chi connectivity index (χ3n) is 2.27. The second-order valence-electron chi connectivity index (χ2n) is 3.35. The van der Waals surface area contributed by atoms with Gasteiger partial charge >= 0.3 is 0 Å². The van der Waals surface area contributed by atoms with Crippen molar-refractivity contribution in [3.05, 3.63) is 0 Å². The fraction of sp³-hybridized carbons (Fsp3) is 1.00. The maximum absolute atomic E-state index is 9.51. The first-order valence-corrected chi connectivity index (χ1v) is 3.79. The van der Waals surface area contributed by atoms with Crippen LogP contribution in [-0.4, -0.2) is 50.6 Å². The van der Waals surface area contributed by atoms with Crippen LogP contribution in [0.2, 0.25) is 0 Å². The minimum atomic E-state index is -1.73. The Hall–Kier alpha value is -0.200. The van der Waals surface area contributed by atoms with E-state index in [1.807, 2.05) is 0 Å². The van der Waals surface area contributed by atoms with Gasteiger partial charge in [0.05, 0.1) is 6.10 Å². The van der Waals surface area contributed by atoms with Crippen LogP contribution >= 0.6 is 0 Å². The Morgan fingerprint density at radius 3 is 2.17 bits per heavy atom. The molecule has 0 bridgehead atoms. The van der Waals surface area contributed by atoms with E-state index in [0.717, 1.165) is 0 Å². The third kappa shape index (κ3) is 1.34. The van der Waals surface area contributed by atoms with E-state index in [0.29, 0.717) is 0 Å². The predicted molar refractivity (Wildman–Crippen MR) is 39.2 cm³/mol. The molecule has 0 aromatic heterocycles. The molecule has 12 heavy (non-hydrogen) atoms. The Morgan fingerprint density at radius 1 is 1.17 bits per heavy atom. The van der Waals surface area contributed by atoms with E-state index in [1.165, 1.54) is 13.8 Å². The molecule has 4 N–H and O–H groups in total. The number of rotatable bonds is 0. The molecule has 1 saturated heterocycles. The SMILES string of the molecule is C[C@H]1O[C@@H](O)[C@H](O)[C@](C)(O)[C@H]1O. The molecule has 0 spiro atoms. The topological polar surface area (TPSA) is 90.2 Å². The van der Waals surface area contributed by atoms with Gasteiger partial charge in [0, 0.05) is 0 Å². The van der Waals surface area contributed by atoms with Crippen molar-refractivity contribution in [1.29, 1.82) is 0 Å². The van der Waals surface area contributed by atoms with Crippen molar-refractivity contribution >= 4 is 0 Å². The van der Waals surface area contributed by atoms with Gasteiger partial charge in [0.15, 0.2) is 6.29 Å². The maximum atomic E-state index is 9.51. The lowest BCUT2D eigenvalue weighted by Crippen LogP contribution is -2.64. The first-order chi connectivity index (χ1) is 5.37. The fourth-order valence-electron chi connectivity index (χ4n) is 1.31. The second kappa shape index (κ2) is 2.93. The fourth-order valence-corrected chi connectivity index (χ4v) is 1.31. The Labute approximate surface area is 70.2 Å². The van der Waals surface area contributed by atoms with Crippen LogP contribution in [0.5, 0.6) is 0 Å². The van der Waals surface area contributed by atoms with Gasteiger partial charge in [-0.05, 0) is 13.8 Å². The monoisotopic (exact) mass is 178 g/mol. The van der Waals surface area contributed by atoms with Gasteiger partial charge in [-0.1, -0.05) is 0 Å². The molecule has 72 valence electrons. The number of ether oxygens (including phenoxy) is 1. The van der Waals surface area contributed by atoms with Crippen molar-refractivity contribution in [2.24, 2.45) is 0 Å². The average Bonchev–Trinajstić information content (AvgIpc) is 1.99. The average molecular weight is 178 g/mol. The minimum Gasteiger partial charge on any atom is -0.387 e. The number of aliphatic hydroxyl groups excluding tert-OH is 3. The molecule has 0 saturated carbocycles. The van der Waals surface area contributed by atoms with Gasteiger partial charge in [-0.2, -0.15) is 0 Å². The molecule has 0 aromatic carbocycles. The third-order valence-corrected chi connectivity index (χ3v) is 2.27. The highest BCUT2D eigenvalue weighted by Gasteiger charge is 2.50. The van der Waals surface area contributed by atoms with Crippen LogP contribution in [0, 0.1) is 0 Å². The highest BCUT2D eigenvalue weighted by atomic mass is 16.6. The summed E-state index contributed by atoms with van der Waals surface area (Å²) in [6, 6.07) is 0. The molecule has 1 aliphatic rings. The van der Waals surface area contributed by atoms with E-state index >= 15 is 0 Å². The van der Waals surface area contributed by atoms with Crippen LogP contribution in [-0.2, 0) is 4.74 Å². The summed E-state index contributed by atoms with van der Waals surface area (Å²) in [7, 11) is 0. The zero-order valence-corrected chi connectivity index (χ0v) is 7.01. The summed E-state index contributed by atoms with van der Waals surface area (Å²) in [5.41, 5.74) is -1.73. The zero-order valence-electron chi connectivity index (χ0n) is 7.01. The smallest absolute Gasteiger partial charge is 0.184 e. The van der Waals surface area contributed by atoms with Gasteiger partial charge in [-0.15, -0.1) is 0 Å². The van der Waals surface area contributed by atoms with E-state index in [4.69, 9.17) is 9.84 Å². The first kappa shape index (κ1) is 9.88. The lowest BCUT2D eigenvalue weighted by molar-refractivity contribution is -0.309. The molecule has 1 rings (SSSR count). The van der Waals surface area contributed by atoms with E-state index in [-0.39, 0.29) is 0 Å². The van der Waals surface area contributed by atoms with Crippen LogP contribution in [0.4, 0.5) is 0 Å². The normalized spacial score (nSPS) is 55.5. The van der Waals surface area contributed by atoms with Gasteiger partial charge < -0.3 is 25.2 Å². The van der Waals surface area contributed by atoms with Crippen molar-refractivity contribution in [2.75, 3.05) is 0 Å². The molecule has 1 heterocycles. The summed E-state index contributed by atoms with van der Waals surface area (Å²) in [5, 5.41) is 37.1. The highest BCUT2D eigenvalue weighted by Crippen LogP contribution is 2.28. The van der Waals surface area contributed by atoms with Gasteiger partial charge in [-0.3, -0.25) is 0 Å². The maximum Gasteiger partial charge on any atom is 0.184 e. The Bertz CT molecular complexity index is 153. The summed E-state index contributed by atoms with van der Waals surface area (Å²) in [5.74, 6) is 0. The molecule has 1 fully saturated rings. The van der Waals surface area contributed by atoms with Gasteiger partial charge in [-0.25, -0.2) is 0 Å². The molecule has 0 aromatic rings. The number of aliphatic hydroxyl groups is 4. The quantitative estimate of drug-likeness (QED) is 0.351. The van der Waals surface area contributed by atoms with Crippen LogP contribution in [0.1, 0.15) is 13.8 Å². The van der Waals surface area contributed by atoms with E-state index < -0.39 is 30.2 Å². The van der Waals surface area contributed by atoms with E-state index in [2.05, 4.69) is 0 Å². The molecule has 0 unspecified atom stereocenters. The standard InChI is InChI=1S/C7H14O5/c1-3-4(8)7(2,11)5(9)6(10)12-3/h3-6,8-11H,1-2H3/t3-,4+,5+,6-,7-/m1/s1. The Balaban J connectivity index is 2.82. The molecule has 5 nitrogen and oxygen atoms in total. The predicted octanol–water partition coefficient (Wildman–Crippen LogP) is -1.80. The lowest BCUT2D eigenvalue weighted by atomic mass is 9.86. The highest BCUT2D eigenvalue weighted by molar-refractivity contribution is 4.97. The molecular formula is C7H14O5. The summed E-state index contributed by atoms with van der Waals surface area (Å²) in [6.45, 7) is 2.76. The first-order valence-electron chi connectivity index (χ1n) is 3.79. The van der Waals surface area contributed by atoms with Gasteiger partial charge in [0.25, 0.3) is 0 Å². The van der Waals surface area contributed by atoms with Crippen molar-refractivity contribution in [3.63, 3.8) is 0 Å². The van der Waals surface area contributed by atoms with Crippen molar-refractivity contribution in [2.45, 2.75) is 44.1 Å². The lowest BCUT2D eigenvalue weighted by Gasteiger charge is -2.43. The minimum absolute atomic E-state index is 0.696. The van der Waals surface area contributed by atoms with Crippen molar-refractivity contribution in [1.82, 2.24) is 0 Å². The molecule has 5 atom stereocenters.